The minimum atomic E-state index is -1.17. The number of oxazole rings is 1. The van der Waals surface area contributed by atoms with E-state index in [1.807, 2.05) is 63.6 Å². The molecule has 0 bridgehead atoms. The van der Waals surface area contributed by atoms with Crippen molar-refractivity contribution in [2.24, 2.45) is 0 Å². The molecule has 10 aromatic heterocycles. The lowest BCUT2D eigenvalue weighted by atomic mass is 9.95. The second kappa shape index (κ2) is 40.4. The fourth-order valence-electron chi connectivity index (χ4n) is 18.1. The number of hydrogen-bond donors (Lipinski definition) is 0. The highest BCUT2D eigenvalue weighted by Crippen LogP contribution is 2.40. The van der Waals surface area contributed by atoms with E-state index in [0.29, 0.717) is 72.9 Å². The number of rotatable bonds is 14. The summed E-state index contributed by atoms with van der Waals surface area (Å²) in [4.78, 5) is 46.0. The van der Waals surface area contributed by atoms with Crippen molar-refractivity contribution in [2.45, 2.75) is 353 Å². The summed E-state index contributed by atoms with van der Waals surface area (Å²) in [5.74, 6) is 4.20. The fourth-order valence-corrected chi connectivity index (χ4v) is 18.1. The third-order valence-corrected chi connectivity index (χ3v) is 26.2. The van der Waals surface area contributed by atoms with Crippen LogP contribution in [0.1, 0.15) is 270 Å². The van der Waals surface area contributed by atoms with Gasteiger partial charge in [-0.2, -0.15) is 0 Å². The Bertz CT molecular complexity index is 6640. The van der Waals surface area contributed by atoms with Gasteiger partial charge in [0.2, 0.25) is 5.89 Å². The van der Waals surface area contributed by atoms with Gasteiger partial charge < -0.3 is 64.8 Å². The summed E-state index contributed by atoms with van der Waals surface area (Å²) in [6.07, 6.45) is 13.0. The van der Waals surface area contributed by atoms with Gasteiger partial charge in [0.05, 0.1) is 132 Å². The standard InChI is InChI=1S/C16H19F3N2O.2C16H21FN2O.C16H19N3O.C16H22N2O.2C15H21N3O/c1-8-10(17)12(19)13-14(11(8)18)21(7-9-5-6-22-9)15(20-13)16(2,3)4;1-10-7-14-13(8-12(10)17)18-15(16(2,3)4)19(14)9-11-5-6-20-11;1-10-5-6-12-14(13(10)17)19(9-11-7-8-20-11)15(18-12)16(2,3)4;1-11-5-6-12-13(9-11)19(10-14-17-7-8-20-14)15(18-12)16(2,3)4;1-11-5-6-13-14(9-11)18(10-12-7-8-19-12)15(17-13)16(2,3)4;1-10-7-13-12(8-16-10)17-14(15(2,3)4)18(13)9-11-5-6-19-11;1-10-5-6-12-13(16-10)18(9-11-7-8-19-11)14(17-12)15(2,3)4/h9H,5-7H2,1-4H3;7-8,11H,5-6,9H2,1-4H3;5-6,11H,7-9H2,1-4H3;5-9H,10H2,1-4H3;5-6,9,12H,7-8,10H2,1-4H3;7-8,11H,5-6,9H2,1-4H3;5-6,11H,7-9H2,1-4H3/t9-;2*11-;;12-;2*11-/m000.000/s1. The van der Waals surface area contributed by atoms with E-state index in [-0.39, 0.29) is 79.0 Å². The molecule has 0 aliphatic carbocycles. The number of benzene rings is 5. The molecule has 0 radical (unpaired) electrons. The fraction of sp³-hybridized carbons (Fsp3) is 0.545. The topological polar surface area (TPSA) is 232 Å². The van der Waals surface area contributed by atoms with Crippen LogP contribution in [0.4, 0.5) is 22.0 Å². The minimum Gasteiger partial charge on any atom is -0.447 e. The van der Waals surface area contributed by atoms with Gasteiger partial charge in [0, 0.05) is 101 Å². The zero-order valence-electron chi connectivity index (χ0n) is 87.0. The van der Waals surface area contributed by atoms with E-state index in [4.69, 9.17) is 52.8 Å². The average molecular weight is 1910 g/mol. The first-order valence-electron chi connectivity index (χ1n) is 49.3. The van der Waals surface area contributed by atoms with Crippen LogP contribution in [0.15, 0.2) is 102 Å². The number of pyridine rings is 2. The Morgan fingerprint density at radius 2 is 0.669 bits per heavy atom. The Morgan fingerprint density at radius 3 is 1.11 bits per heavy atom. The van der Waals surface area contributed by atoms with Gasteiger partial charge in [-0.3, -0.25) is 4.98 Å². The van der Waals surface area contributed by atoms with Crippen LogP contribution in [-0.4, -0.2) is 158 Å². The average Bonchev–Trinajstić information content (AvgIpc) is 1.58. The molecule has 6 saturated heterocycles. The van der Waals surface area contributed by atoms with Crippen LogP contribution in [-0.2, 0) is 112 Å². The third kappa shape index (κ3) is 22.9. The van der Waals surface area contributed by atoms with Crippen LogP contribution in [0.25, 0.3) is 77.4 Å². The summed E-state index contributed by atoms with van der Waals surface area (Å²) in [7, 11) is 0. The van der Waals surface area contributed by atoms with Gasteiger partial charge in [-0.05, 0) is 164 Å². The number of aryl methyl sites for hydroxylation is 6. The van der Waals surface area contributed by atoms with Gasteiger partial charge in [-0.1, -0.05) is 164 Å². The number of imidazole rings is 7. The van der Waals surface area contributed by atoms with Crippen molar-refractivity contribution in [3.63, 3.8) is 0 Å². The van der Waals surface area contributed by atoms with Gasteiger partial charge in [0.15, 0.2) is 28.9 Å². The summed E-state index contributed by atoms with van der Waals surface area (Å²) in [5.41, 5.74) is 16.5. The highest BCUT2D eigenvalue weighted by atomic mass is 19.2. The first kappa shape index (κ1) is 103. The second-order valence-corrected chi connectivity index (χ2v) is 45.7. The molecule has 5 aromatic carbocycles. The SMILES string of the molecule is Cc1c(F)c(F)c2nc(C(C)(C)C)n(C[C@@H]3CCO3)c2c1F.Cc1cc2c(cc1F)nc(C(C)(C)C)n2C[C@@H]1CCO1.Cc1cc2c(cn1)nc(C(C)(C)C)n2C[C@@H]1CCO1.Cc1ccc2nc(C(C)(C)C)n(C[C@@H]3CCO3)c2c1.Cc1ccc2nc(C(C)(C)C)n(C[C@@H]3CCO3)c2c1F.Cc1ccc2nc(C(C)(C)C)n(C[C@@H]3CCO3)c2n1.Cc1ccc2nc(C(C)(C)C)n(Cc3ncco3)c2c1. The van der Waals surface area contributed by atoms with E-state index < -0.39 is 22.9 Å². The number of hydrogen-bond acceptors (Lipinski definition) is 17. The molecule has 6 fully saturated rings. The highest BCUT2D eigenvalue weighted by Gasteiger charge is 2.37. The molecule has 6 aliphatic heterocycles. The molecule has 24 nitrogen and oxygen atoms in total. The number of fused-ring (bicyclic) bond motifs is 7. The smallest absolute Gasteiger partial charge is 0.213 e. The monoisotopic (exact) mass is 1910 g/mol. The predicted octanol–water partition coefficient (Wildman–Crippen LogP) is 23.8. The third-order valence-electron chi connectivity index (χ3n) is 26.2. The van der Waals surface area contributed by atoms with Crippen molar-refractivity contribution in [2.75, 3.05) is 39.6 Å². The quantitative estimate of drug-likeness (QED) is 0.0727. The van der Waals surface area contributed by atoms with Crippen molar-refractivity contribution < 1.29 is 54.8 Å². The molecule has 6 aliphatic rings. The van der Waals surface area contributed by atoms with Crippen LogP contribution in [0.3, 0.4) is 0 Å². The summed E-state index contributed by atoms with van der Waals surface area (Å²) in [5, 5.41) is 0. The Hall–Kier alpha value is -10.7. The van der Waals surface area contributed by atoms with Crippen LogP contribution < -0.4 is 0 Å². The van der Waals surface area contributed by atoms with Crippen LogP contribution in [0.5, 0.6) is 0 Å². The summed E-state index contributed by atoms with van der Waals surface area (Å²) >= 11 is 0. The maximum atomic E-state index is 14.6. The van der Waals surface area contributed by atoms with E-state index in [0.717, 1.165) is 194 Å². The first-order chi connectivity index (χ1) is 65.2. The molecule has 0 saturated carbocycles. The van der Waals surface area contributed by atoms with Gasteiger partial charge in [0.25, 0.3) is 0 Å². The lowest BCUT2D eigenvalue weighted by Crippen LogP contribution is -2.33. The number of nitrogens with zero attached hydrogens (tertiary/aromatic N) is 17. The molecule has 0 N–H and O–H groups in total. The van der Waals surface area contributed by atoms with Gasteiger partial charge in [0.1, 0.15) is 87.0 Å². The second-order valence-electron chi connectivity index (χ2n) is 45.7. The van der Waals surface area contributed by atoms with Crippen molar-refractivity contribution in [1.82, 2.24) is 81.8 Å². The van der Waals surface area contributed by atoms with Crippen molar-refractivity contribution in [3.05, 3.63) is 212 Å². The molecule has 21 rings (SSSR count). The number of halogens is 5. The zero-order chi connectivity index (χ0) is 100. The molecule has 139 heavy (non-hydrogen) atoms. The molecular formula is C110H144F5N17O7. The maximum Gasteiger partial charge on any atom is 0.213 e. The van der Waals surface area contributed by atoms with Gasteiger partial charge >= 0.3 is 0 Å². The zero-order valence-corrected chi connectivity index (χ0v) is 87.0. The molecule has 0 spiro atoms. The normalized spacial score (nSPS) is 18.4. The van der Waals surface area contributed by atoms with Gasteiger partial charge in [-0.15, -0.1) is 0 Å². The highest BCUT2D eigenvalue weighted by molar-refractivity contribution is 5.82. The van der Waals surface area contributed by atoms with Crippen LogP contribution >= 0.6 is 0 Å². The number of ether oxygens (including phenoxy) is 6. The molecule has 0 amide bonds. The molecule has 6 atom stereocenters. The Morgan fingerprint density at radius 1 is 0.309 bits per heavy atom. The maximum absolute atomic E-state index is 14.6. The summed E-state index contributed by atoms with van der Waals surface area (Å²) < 4.78 is 124. The Labute approximate surface area is 814 Å². The van der Waals surface area contributed by atoms with E-state index in [2.05, 4.69) is 240 Å². The Kier molecular flexibility index (Phi) is 29.8. The van der Waals surface area contributed by atoms with Crippen molar-refractivity contribution >= 4 is 77.4 Å². The lowest BCUT2D eigenvalue weighted by molar-refractivity contribution is -0.0594. The molecule has 29 heteroatoms. The van der Waals surface area contributed by atoms with Gasteiger partial charge in [-0.25, -0.2) is 66.8 Å². The number of aromatic nitrogens is 17. The molecular weight excluding hydrogens is 1770 g/mol. The van der Waals surface area contributed by atoms with E-state index in [1.54, 1.807) is 36.9 Å². The van der Waals surface area contributed by atoms with Crippen molar-refractivity contribution in [3.8, 4) is 0 Å². The summed E-state index contributed by atoms with van der Waals surface area (Å²) in [6.45, 7) is 68.1. The molecule has 746 valence electrons. The largest absolute Gasteiger partial charge is 0.447 e. The van der Waals surface area contributed by atoms with E-state index >= 15 is 0 Å². The minimum absolute atomic E-state index is 0.0123. The van der Waals surface area contributed by atoms with E-state index in [9.17, 15) is 22.0 Å². The van der Waals surface area contributed by atoms with Crippen LogP contribution in [0.2, 0.25) is 0 Å². The molecule has 16 heterocycles. The Balaban J connectivity index is 0.000000123. The van der Waals surface area contributed by atoms with E-state index in [1.165, 1.54) is 35.2 Å². The predicted molar refractivity (Wildman–Crippen MR) is 539 cm³/mol. The first-order valence-corrected chi connectivity index (χ1v) is 49.3. The van der Waals surface area contributed by atoms with Crippen molar-refractivity contribution in [1.29, 1.82) is 0 Å². The molecule has 0 unspecified atom stereocenters. The van der Waals surface area contributed by atoms with Crippen LogP contribution in [0, 0.1) is 77.6 Å². The molecule has 15 aromatic rings. The lowest BCUT2D eigenvalue weighted by Gasteiger charge is -2.29. The summed E-state index contributed by atoms with van der Waals surface area (Å²) in [6, 6.07) is 26.2.